The highest BCUT2D eigenvalue weighted by Crippen LogP contribution is 2.43. The first-order valence-corrected chi connectivity index (χ1v) is 21.5. The van der Waals surface area contributed by atoms with Gasteiger partial charge in [0, 0.05) is 49.7 Å². The van der Waals surface area contributed by atoms with Crippen molar-refractivity contribution in [3.05, 3.63) is 224 Å². The van der Waals surface area contributed by atoms with E-state index in [1.807, 2.05) is 24.3 Å². The van der Waals surface area contributed by atoms with E-state index >= 15 is 0 Å². The zero-order valence-electron chi connectivity index (χ0n) is 34.1. The molecule has 294 valence electrons. The third-order valence-corrected chi connectivity index (χ3v) is 12.9. The van der Waals surface area contributed by atoms with E-state index in [2.05, 4.69) is 205 Å². The lowest BCUT2D eigenvalue weighted by molar-refractivity contribution is 0.669. The Hall–Kier alpha value is -8.40. The highest BCUT2D eigenvalue weighted by atomic mass is 16.3. The molecule has 11 aromatic carbocycles. The SMILES string of the molecule is c1ccc2c(c1)oc1c(-c3ccc(-c4ccc(N(c5ccc(-c6cccc7c6oc6ccccc67)cc5)c5ccc6c7ccccc7c7ccccc7c6c5)cc4)cc3)cccc12. The van der Waals surface area contributed by atoms with Gasteiger partial charge in [0.15, 0.2) is 0 Å². The van der Waals surface area contributed by atoms with Crippen LogP contribution in [0.2, 0.25) is 0 Å². The number of nitrogens with zero attached hydrogens (tertiary/aromatic N) is 1. The first kappa shape index (κ1) is 35.4. The van der Waals surface area contributed by atoms with Crippen LogP contribution in [0.1, 0.15) is 0 Å². The summed E-state index contributed by atoms with van der Waals surface area (Å²) >= 11 is 0. The van der Waals surface area contributed by atoms with E-state index in [0.29, 0.717) is 0 Å². The van der Waals surface area contributed by atoms with E-state index < -0.39 is 0 Å². The van der Waals surface area contributed by atoms with Crippen LogP contribution in [0, 0.1) is 0 Å². The van der Waals surface area contributed by atoms with Crippen molar-refractivity contribution in [3.63, 3.8) is 0 Å². The second-order valence-corrected chi connectivity index (χ2v) is 16.4. The van der Waals surface area contributed by atoms with Crippen LogP contribution in [0.3, 0.4) is 0 Å². The Morgan fingerprint density at radius 1 is 0.238 bits per heavy atom. The van der Waals surface area contributed by atoms with Crippen LogP contribution in [0.25, 0.3) is 110 Å². The van der Waals surface area contributed by atoms with Crippen molar-refractivity contribution in [1.82, 2.24) is 0 Å². The van der Waals surface area contributed by atoms with E-state index in [1.54, 1.807) is 0 Å². The maximum atomic E-state index is 6.45. The summed E-state index contributed by atoms with van der Waals surface area (Å²) in [5.41, 5.74) is 13.6. The lowest BCUT2D eigenvalue weighted by Crippen LogP contribution is -2.10. The molecule has 0 bridgehead atoms. The summed E-state index contributed by atoms with van der Waals surface area (Å²) in [5.74, 6) is 0. The van der Waals surface area contributed by atoms with Crippen molar-refractivity contribution in [3.8, 4) is 33.4 Å². The van der Waals surface area contributed by atoms with Crippen molar-refractivity contribution in [2.24, 2.45) is 0 Å². The Morgan fingerprint density at radius 2 is 0.587 bits per heavy atom. The minimum atomic E-state index is 0.902. The maximum absolute atomic E-state index is 6.45. The predicted molar refractivity (Wildman–Crippen MR) is 265 cm³/mol. The van der Waals surface area contributed by atoms with Gasteiger partial charge in [0.2, 0.25) is 0 Å². The number of furan rings is 2. The number of fused-ring (bicyclic) bond motifs is 12. The predicted octanol–water partition coefficient (Wildman–Crippen LogP) is 17.4. The van der Waals surface area contributed by atoms with Gasteiger partial charge in [-0.1, -0.05) is 176 Å². The lowest BCUT2D eigenvalue weighted by atomic mass is 9.94. The van der Waals surface area contributed by atoms with E-state index in [0.717, 1.165) is 94.3 Å². The average molecular weight is 804 g/mol. The van der Waals surface area contributed by atoms with Gasteiger partial charge in [-0.2, -0.15) is 0 Å². The number of para-hydroxylation sites is 4. The molecule has 63 heavy (non-hydrogen) atoms. The van der Waals surface area contributed by atoms with Crippen molar-refractivity contribution in [1.29, 1.82) is 0 Å². The van der Waals surface area contributed by atoms with Gasteiger partial charge in [0.05, 0.1) is 0 Å². The van der Waals surface area contributed by atoms with E-state index in [4.69, 9.17) is 8.83 Å². The third-order valence-electron chi connectivity index (χ3n) is 12.9. The molecule has 13 aromatic rings. The Bertz CT molecular complexity index is 3860. The van der Waals surface area contributed by atoms with Crippen LogP contribution in [-0.2, 0) is 0 Å². The minimum Gasteiger partial charge on any atom is -0.455 e. The molecule has 0 aliphatic heterocycles. The van der Waals surface area contributed by atoms with Gasteiger partial charge in [-0.25, -0.2) is 0 Å². The fraction of sp³-hybridized carbons (Fsp3) is 0. The van der Waals surface area contributed by atoms with Gasteiger partial charge < -0.3 is 13.7 Å². The zero-order chi connectivity index (χ0) is 41.4. The molecule has 0 atom stereocenters. The van der Waals surface area contributed by atoms with Gasteiger partial charge in [-0.05, 0) is 103 Å². The Balaban J connectivity index is 0.910. The highest BCUT2D eigenvalue weighted by Gasteiger charge is 2.18. The van der Waals surface area contributed by atoms with Crippen LogP contribution in [0.15, 0.2) is 233 Å². The first-order chi connectivity index (χ1) is 31.2. The number of benzene rings is 11. The molecule has 0 aliphatic rings. The molecule has 13 rings (SSSR count). The largest absolute Gasteiger partial charge is 0.455 e. The van der Waals surface area contributed by atoms with E-state index in [9.17, 15) is 0 Å². The normalized spacial score (nSPS) is 11.8. The molecule has 0 saturated heterocycles. The van der Waals surface area contributed by atoms with Crippen molar-refractivity contribution in [2.45, 2.75) is 0 Å². The molecule has 0 spiro atoms. The van der Waals surface area contributed by atoms with Crippen LogP contribution in [0.5, 0.6) is 0 Å². The number of hydrogen-bond donors (Lipinski definition) is 0. The van der Waals surface area contributed by atoms with Crippen LogP contribution in [0.4, 0.5) is 17.1 Å². The summed E-state index contributed by atoms with van der Waals surface area (Å²) in [6.07, 6.45) is 0. The Kier molecular flexibility index (Phi) is 7.91. The smallest absolute Gasteiger partial charge is 0.143 e. The molecular formula is C60H37NO2. The minimum absolute atomic E-state index is 0.902. The summed E-state index contributed by atoms with van der Waals surface area (Å²) < 4.78 is 12.8. The molecule has 3 nitrogen and oxygen atoms in total. The third kappa shape index (κ3) is 5.67. The fourth-order valence-corrected chi connectivity index (χ4v) is 9.87. The number of hydrogen-bond acceptors (Lipinski definition) is 3. The quantitative estimate of drug-likeness (QED) is 0.157. The van der Waals surface area contributed by atoms with Crippen molar-refractivity contribution < 1.29 is 8.83 Å². The van der Waals surface area contributed by atoms with Crippen LogP contribution >= 0.6 is 0 Å². The summed E-state index contributed by atoms with van der Waals surface area (Å²) in [7, 11) is 0. The van der Waals surface area contributed by atoms with Crippen LogP contribution < -0.4 is 4.90 Å². The number of rotatable bonds is 6. The van der Waals surface area contributed by atoms with Gasteiger partial charge in [-0.3, -0.25) is 0 Å². The average Bonchev–Trinajstić information content (AvgIpc) is 3.94. The zero-order valence-corrected chi connectivity index (χ0v) is 34.1. The maximum Gasteiger partial charge on any atom is 0.143 e. The van der Waals surface area contributed by atoms with Gasteiger partial charge in [-0.15, -0.1) is 0 Å². The molecule has 0 unspecified atom stereocenters. The Morgan fingerprint density at radius 3 is 1.08 bits per heavy atom. The molecule has 2 aromatic heterocycles. The fourth-order valence-electron chi connectivity index (χ4n) is 9.87. The van der Waals surface area contributed by atoms with Crippen molar-refractivity contribution >= 4 is 93.3 Å². The summed E-state index contributed by atoms with van der Waals surface area (Å²) in [6, 6.07) is 80.5. The molecule has 0 N–H and O–H groups in total. The number of anilines is 3. The summed E-state index contributed by atoms with van der Waals surface area (Å²) in [5, 5.41) is 12.1. The molecule has 0 aliphatic carbocycles. The lowest BCUT2D eigenvalue weighted by Gasteiger charge is -2.26. The van der Waals surface area contributed by atoms with Crippen LogP contribution in [-0.4, -0.2) is 0 Å². The van der Waals surface area contributed by atoms with Gasteiger partial charge >= 0.3 is 0 Å². The first-order valence-electron chi connectivity index (χ1n) is 21.5. The summed E-state index contributed by atoms with van der Waals surface area (Å²) in [4.78, 5) is 2.37. The van der Waals surface area contributed by atoms with Gasteiger partial charge in [0.1, 0.15) is 22.3 Å². The summed E-state index contributed by atoms with van der Waals surface area (Å²) in [6.45, 7) is 0. The second kappa shape index (κ2) is 14.1. The second-order valence-electron chi connectivity index (χ2n) is 16.4. The molecule has 0 radical (unpaired) electrons. The molecule has 0 fully saturated rings. The Labute approximate surface area is 363 Å². The molecule has 3 heteroatoms. The van der Waals surface area contributed by atoms with E-state index in [1.165, 1.54) is 32.3 Å². The highest BCUT2D eigenvalue weighted by molar-refractivity contribution is 6.26. The molecule has 2 heterocycles. The molecule has 0 amide bonds. The standard InChI is InChI=1S/C60H37NO2/c1-2-13-49-47(11-1)48-12-3-4-14-50(48)56-37-44(35-36-51(49)56)61(43-33-29-41(30-34-43)46-18-10-20-55-53-16-6-8-22-58(53)63-60(46)55)42-31-27-39(28-32-42)38-23-25-40(26-24-38)45-17-9-19-54-52-15-5-7-21-57(52)62-59(45)54/h1-37H. The van der Waals surface area contributed by atoms with E-state index in [-0.39, 0.29) is 0 Å². The van der Waals surface area contributed by atoms with Crippen molar-refractivity contribution in [2.75, 3.05) is 4.90 Å². The van der Waals surface area contributed by atoms with Gasteiger partial charge in [0.25, 0.3) is 0 Å². The topological polar surface area (TPSA) is 29.5 Å². The molecule has 0 saturated carbocycles. The monoisotopic (exact) mass is 803 g/mol. The molecular weight excluding hydrogens is 767 g/mol.